The second-order valence-electron chi connectivity index (χ2n) is 10.8. The smallest absolute Gasteiger partial charge is 0.321 e. The average molecular weight is 593 g/mol. The molecule has 1 aromatic carbocycles. The van der Waals surface area contributed by atoms with E-state index >= 15 is 0 Å². The Balaban J connectivity index is 1.20. The molecular weight excluding hydrogens is 560 g/mol. The topological polar surface area (TPSA) is 152 Å². The number of carbonyl (C=O) groups is 4. The number of carbonyl (C=O) groups excluding carboxylic acids is 4. The number of anilines is 1. The summed E-state index contributed by atoms with van der Waals surface area (Å²) in [6.07, 6.45) is 2.36. The van der Waals surface area contributed by atoms with Crippen LogP contribution in [0.25, 0.3) is 10.2 Å². The molecule has 3 aromatic rings. The molecule has 6 rings (SSSR count). The number of imide groups is 1. The van der Waals surface area contributed by atoms with Crippen molar-refractivity contribution < 1.29 is 28.7 Å². The second-order valence-corrected chi connectivity index (χ2v) is 11.8. The molecule has 13 heteroatoms. The van der Waals surface area contributed by atoms with Crippen molar-refractivity contribution >= 4 is 51.1 Å². The van der Waals surface area contributed by atoms with Gasteiger partial charge in [0, 0.05) is 12.5 Å². The first-order valence-electron chi connectivity index (χ1n) is 14.1. The maximum absolute atomic E-state index is 13.3. The van der Waals surface area contributed by atoms with Crippen molar-refractivity contribution in [1.82, 2.24) is 25.5 Å². The molecule has 4 heterocycles. The maximum Gasteiger partial charge on any atom is 0.321 e. The first kappa shape index (κ1) is 27.9. The quantitative estimate of drug-likeness (QED) is 0.318. The molecule has 5 amide bonds. The van der Waals surface area contributed by atoms with Crippen LogP contribution in [-0.2, 0) is 21.7 Å². The Hall–Kier alpha value is -4.26. The van der Waals surface area contributed by atoms with Gasteiger partial charge >= 0.3 is 6.03 Å². The van der Waals surface area contributed by atoms with E-state index < -0.39 is 23.5 Å². The van der Waals surface area contributed by atoms with Crippen molar-refractivity contribution in [1.29, 1.82) is 0 Å². The highest BCUT2D eigenvalue weighted by molar-refractivity contribution is 7.18. The van der Waals surface area contributed by atoms with Gasteiger partial charge in [0.1, 0.15) is 33.9 Å². The predicted octanol–water partition coefficient (Wildman–Crippen LogP) is 3.70. The molecule has 42 heavy (non-hydrogen) atoms. The number of nitrogens with zero attached hydrogens (tertiary/aromatic N) is 3. The summed E-state index contributed by atoms with van der Waals surface area (Å²) in [4.78, 5) is 61.0. The van der Waals surface area contributed by atoms with Crippen LogP contribution in [0.3, 0.4) is 0 Å². The normalized spacial score (nSPS) is 19.7. The fourth-order valence-corrected chi connectivity index (χ4v) is 6.78. The third-order valence-electron chi connectivity index (χ3n) is 7.87. The van der Waals surface area contributed by atoms with Crippen molar-refractivity contribution in [3.8, 4) is 11.5 Å². The van der Waals surface area contributed by atoms with Crippen LogP contribution in [0.1, 0.15) is 67.5 Å². The molecule has 2 fully saturated rings. The number of rotatable bonds is 9. The zero-order chi connectivity index (χ0) is 29.6. The molecule has 1 saturated heterocycles. The van der Waals surface area contributed by atoms with E-state index in [2.05, 4.69) is 20.9 Å². The number of hydrogen-bond acceptors (Lipinski definition) is 9. The third kappa shape index (κ3) is 5.13. The molecule has 1 aliphatic carbocycles. The monoisotopic (exact) mass is 592 g/mol. The highest BCUT2D eigenvalue weighted by Crippen LogP contribution is 2.48. The van der Waals surface area contributed by atoms with E-state index in [-0.39, 0.29) is 42.9 Å². The van der Waals surface area contributed by atoms with Crippen LogP contribution in [0.5, 0.6) is 11.5 Å². The molecule has 2 aliphatic heterocycles. The highest BCUT2D eigenvalue weighted by atomic mass is 32.1. The van der Waals surface area contributed by atoms with Gasteiger partial charge in [0.25, 0.3) is 5.91 Å². The van der Waals surface area contributed by atoms with E-state index in [1.165, 1.54) is 16.2 Å². The Bertz CT molecular complexity index is 1600. The number of thiazole rings is 1. The number of aromatic nitrogens is 2. The van der Waals surface area contributed by atoms with Crippen LogP contribution in [0, 0.1) is 5.92 Å². The van der Waals surface area contributed by atoms with Crippen LogP contribution in [0.15, 0.2) is 24.3 Å². The van der Waals surface area contributed by atoms with Crippen molar-refractivity contribution in [2.45, 2.75) is 64.6 Å². The van der Waals surface area contributed by atoms with E-state index in [1.54, 1.807) is 12.1 Å². The number of amides is 5. The molecule has 0 bridgehead atoms. The van der Waals surface area contributed by atoms with Gasteiger partial charge in [-0.25, -0.2) is 14.8 Å². The molecular formula is C29H32N6O6S. The number of urea groups is 1. The Morgan fingerprint density at radius 1 is 1.12 bits per heavy atom. The van der Waals surface area contributed by atoms with Gasteiger partial charge < -0.3 is 19.7 Å². The van der Waals surface area contributed by atoms with Crippen LogP contribution < -0.4 is 25.4 Å². The number of pyridine rings is 1. The standard InChI is InChI=1S/C29H32N6O6S/c1-4-40-16-12-20(41-5-2)24-21(13-16)42-27(33-24)29(3,15-6-7-15)34-28(39)31-22-10-8-17-18(30-22)14-35(26(17)38)19-9-11-23(36)32-25(19)37/h8,10,12-13,15,19H,4-7,9,11,14H2,1-3H3,(H,32,36,37)(H2,30,31,34,39)/t19?,29-/m1/s1. The molecule has 3 N–H and O–H groups in total. The second kappa shape index (κ2) is 10.9. The minimum Gasteiger partial charge on any atom is -0.494 e. The van der Waals surface area contributed by atoms with Crippen LogP contribution in [0.4, 0.5) is 10.6 Å². The van der Waals surface area contributed by atoms with Crippen LogP contribution in [0.2, 0.25) is 0 Å². The number of benzene rings is 1. The first-order valence-corrected chi connectivity index (χ1v) is 15.0. The number of hydrogen-bond donors (Lipinski definition) is 3. The van der Waals surface area contributed by atoms with Crippen molar-refractivity contribution in [3.63, 3.8) is 0 Å². The van der Waals surface area contributed by atoms with Gasteiger partial charge in [0.15, 0.2) is 0 Å². The van der Waals surface area contributed by atoms with Gasteiger partial charge in [-0.1, -0.05) is 0 Å². The summed E-state index contributed by atoms with van der Waals surface area (Å²) in [5.41, 5.74) is 0.852. The maximum atomic E-state index is 13.3. The van der Waals surface area contributed by atoms with Crippen LogP contribution >= 0.6 is 11.3 Å². The molecule has 0 radical (unpaired) electrons. The average Bonchev–Trinajstić information content (AvgIpc) is 3.64. The SMILES string of the molecule is CCOc1cc(OCC)c2nc([C@](C)(NC(=O)Nc3ccc4c(n3)CN(C3CCC(=O)NC3=O)C4=O)C3CC3)sc2c1. The third-order valence-corrected chi connectivity index (χ3v) is 9.11. The summed E-state index contributed by atoms with van der Waals surface area (Å²) >= 11 is 1.51. The lowest BCUT2D eigenvalue weighted by Gasteiger charge is -2.29. The summed E-state index contributed by atoms with van der Waals surface area (Å²) in [6.45, 7) is 6.97. The Kier molecular flexibility index (Phi) is 7.21. The predicted molar refractivity (Wildman–Crippen MR) is 154 cm³/mol. The fourth-order valence-electron chi connectivity index (χ4n) is 5.59. The van der Waals surface area contributed by atoms with E-state index in [9.17, 15) is 19.2 Å². The molecule has 2 atom stereocenters. The molecule has 0 spiro atoms. The van der Waals surface area contributed by atoms with E-state index in [4.69, 9.17) is 14.5 Å². The van der Waals surface area contributed by atoms with Gasteiger partial charge in [-0.3, -0.25) is 25.0 Å². The van der Waals surface area contributed by atoms with E-state index in [0.717, 1.165) is 28.1 Å². The van der Waals surface area contributed by atoms with E-state index in [0.29, 0.717) is 36.0 Å². The minimum absolute atomic E-state index is 0.120. The first-order chi connectivity index (χ1) is 20.2. The van der Waals surface area contributed by atoms with Crippen molar-refractivity contribution in [3.05, 3.63) is 40.5 Å². The Morgan fingerprint density at radius 2 is 1.90 bits per heavy atom. The number of fused-ring (bicyclic) bond motifs is 2. The van der Waals surface area contributed by atoms with Gasteiger partial charge in [-0.05, 0) is 64.2 Å². The number of piperidine rings is 1. The van der Waals surface area contributed by atoms with Gasteiger partial charge in [0.2, 0.25) is 11.8 Å². The minimum atomic E-state index is -0.731. The Labute approximate surface area is 246 Å². The van der Waals surface area contributed by atoms with Crippen molar-refractivity contribution in [2.75, 3.05) is 18.5 Å². The summed E-state index contributed by atoms with van der Waals surface area (Å²) in [5.74, 6) is 0.711. The summed E-state index contributed by atoms with van der Waals surface area (Å²) < 4.78 is 12.5. The van der Waals surface area contributed by atoms with Gasteiger partial charge in [0.05, 0.1) is 41.3 Å². The number of nitrogens with one attached hydrogen (secondary N) is 3. The van der Waals surface area contributed by atoms with E-state index in [1.807, 2.05) is 32.9 Å². The number of ether oxygens (including phenoxy) is 2. The molecule has 12 nitrogen and oxygen atoms in total. The molecule has 220 valence electrons. The lowest BCUT2D eigenvalue weighted by molar-refractivity contribution is -0.136. The summed E-state index contributed by atoms with van der Waals surface area (Å²) in [7, 11) is 0. The molecule has 3 aliphatic rings. The lowest BCUT2D eigenvalue weighted by atomic mass is 9.97. The highest BCUT2D eigenvalue weighted by Gasteiger charge is 2.46. The summed E-state index contributed by atoms with van der Waals surface area (Å²) in [5, 5.41) is 9.02. The van der Waals surface area contributed by atoms with Gasteiger partial charge in [-0.2, -0.15) is 0 Å². The summed E-state index contributed by atoms with van der Waals surface area (Å²) in [6, 6.07) is 5.79. The van der Waals surface area contributed by atoms with Crippen LogP contribution in [-0.4, -0.2) is 57.9 Å². The fraction of sp³-hybridized carbons (Fsp3) is 0.448. The molecule has 1 saturated carbocycles. The molecule has 2 aromatic heterocycles. The lowest BCUT2D eigenvalue weighted by Crippen LogP contribution is -2.52. The molecule has 1 unspecified atom stereocenters. The Morgan fingerprint density at radius 3 is 2.62 bits per heavy atom. The largest absolute Gasteiger partial charge is 0.494 e. The van der Waals surface area contributed by atoms with Gasteiger partial charge in [-0.15, -0.1) is 11.3 Å². The van der Waals surface area contributed by atoms with Crippen molar-refractivity contribution in [2.24, 2.45) is 5.92 Å². The zero-order valence-corrected chi connectivity index (χ0v) is 24.4. The zero-order valence-electron chi connectivity index (χ0n) is 23.6.